The smallest absolute Gasteiger partial charge is 0.161 e. The number of pyridine rings is 1. The van der Waals surface area contributed by atoms with Gasteiger partial charge in [0.25, 0.3) is 0 Å². The molecule has 5 aromatic rings. The van der Waals surface area contributed by atoms with Crippen LogP contribution >= 0.6 is 0 Å². The highest BCUT2D eigenvalue weighted by Gasteiger charge is 2.19. The first-order valence-corrected chi connectivity index (χ1v) is 14.1. The summed E-state index contributed by atoms with van der Waals surface area (Å²) < 4.78 is 24.9. The van der Waals surface area contributed by atoms with Crippen molar-refractivity contribution in [1.82, 2.24) is 19.7 Å². The van der Waals surface area contributed by atoms with E-state index >= 15 is 0 Å². The molecular weight excluding hydrogens is 516 g/mol. The van der Waals surface area contributed by atoms with E-state index in [9.17, 15) is 0 Å². The lowest BCUT2D eigenvalue weighted by Gasteiger charge is -2.26. The number of hydrogen-bond donors (Lipinski definition) is 0. The van der Waals surface area contributed by atoms with Crippen molar-refractivity contribution in [2.45, 2.75) is 20.3 Å². The summed E-state index contributed by atoms with van der Waals surface area (Å²) in [6.07, 6.45) is 2.85. The van der Waals surface area contributed by atoms with E-state index in [0.717, 1.165) is 89.5 Å². The molecule has 3 heterocycles. The highest BCUT2D eigenvalue weighted by Crippen LogP contribution is 2.38. The van der Waals surface area contributed by atoms with E-state index in [1.54, 1.807) is 14.2 Å². The van der Waals surface area contributed by atoms with Crippen LogP contribution in [0.25, 0.3) is 38.8 Å². The van der Waals surface area contributed by atoms with Crippen LogP contribution in [0.15, 0.2) is 60.8 Å². The minimum absolute atomic E-state index is 0.620. The first kappa shape index (κ1) is 27.1. The molecule has 0 unspecified atom stereocenters. The Morgan fingerprint density at radius 3 is 2.49 bits per heavy atom. The molecule has 0 atom stereocenters. The minimum Gasteiger partial charge on any atom is -0.497 e. The first-order chi connectivity index (χ1) is 20.1. The zero-order chi connectivity index (χ0) is 28.3. The number of rotatable bonds is 9. The third-order valence-electron chi connectivity index (χ3n) is 7.87. The number of aromatic nitrogens is 3. The zero-order valence-corrected chi connectivity index (χ0v) is 24.1. The Bertz CT molecular complexity index is 1690. The highest BCUT2D eigenvalue weighted by molar-refractivity contribution is 6.09. The summed E-state index contributed by atoms with van der Waals surface area (Å²) in [4.78, 5) is 7.20. The summed E-state index contributed by atoms with van der Waals surface area (Å²) in [5.74, 6) is 2.18. The number of morpholine rings is 1. The lowest BCUT2D eigenvalue weighted by atomic mass is 10.1. The van der Waals surface area contributed by atoms with Crippen LogP contribution in [-0.4, -0.2) is 73.3 Å². The van der Waals surface area contributed by atoms with E-state index in [0.29, 0.717) is 12.4 Å². The molecule has 0 saturated carbocycles. The van der Waals surface area contributed by atoms with Gasteiger partial charge < -0.3 is 18.9 Å². The SMILES string of the molecule is COc1ccc2ncc3c(-c4ccc(OCCCN5CCOCC5)c(OC)c4)nn(-c4ccc(C)c(C)c4)c3c2c1. The summed E-state index contributed by atoms with van der Waals surface area (Å²) in [6.45, 7) is 9.45. The predicted molar refractivity (Wildman–Crippen MR) is 162 cm³/mol. The lowest BCUT2D eigenvalue weighted by Crippen LogP contribution is -2.37. The fraction of sp³-hybridized carbons (Fsp3) is 0.333. The molecule has 212 valence electrons. The lowest BCUT2D eigenvalue weighted by molar-refractivity contribution is 0.0357. The molecule has 0 N–H and O–H groups in total. The van der Waals surface area contributed by atoms with Crippen molar-refractivity contribution < 1.29 is 18.9 Å². The molecule has 2 aromatic heterocycles. The molecule has 1 aliphatic heterocycles. The van der Waals surface area contributed by atoms with Crippen molar-refractivity contribution in [2.75, 3.05) is 53.7 Å². The van der Waals surface area contributed by atoms with Crippen molar-refractivity contribution in [3.8, 4) is 34.2 Å². The van der Waals surface area contributed by atoms with Crippen molar-refractivity contribution in [3.05, 3.63) is 71.9 Å². The topological polar surface area (TPSA) is 70.9 Å². The zero-order valence-electron chi connectivity index (χ0n) is 24.1. The number of aryl methyl sites for hydroxylation is 2. The fourth-order valence-corrected chi connectivity index (χ4v) is 5.38. The molecule has 0 amide bonds. The third-order valence-corrected chi connectivity index (χ3v) is 7.87. The Morgan fingerprint density at radius 2 is 1.71 bits per heavy atom. The molecule has 41 heavy (non-hydrogen) atoms. The highest BCUT2D eigenvalue weighted by atomic mass is 16.5. The predicted octanol–water partition coefficient (Wildman–Crippen LogP) is 5.98. The van der Waals surface area contributed by atoms with Crippen LogP contribution in [0.2, 0.25) is 0 Å². The summed E-state index contributed by atoms with van der Waals surface area (Å²) in [7, 11) is 3.35. The summed E-state index contributed by atoms with van der Waals surface area (Å²) in [6, 6.07) is 18.4. The second-order valence-corrected chi connectivity index (χ2v) is 10.5. The summed E-state index contributed by atoms with van der Waals surface area (Å²) >= 11 is 0. The average molecular weight is 553 g/mol. The number of fused-ring (bicyclic) bond motifs is 3. The van der Waals surface area contributed by atoms with Gasteiger partial charge in [-0.1, -0.05) is 6.07 Å². The van der Waals surface area contributed by atoms with Crippen LogP contribution < -0.4 is 14.2 Å². The van der Waals surface area contributed by atoms with E-state index in [2.05, 4.69) is 36.9 Å². The second-order valence-electron chi connectivity index (χ2n) is 10.5. The van der Waals surface area contributed by atoms with Crippen LogP contribution in [0.5, 0.6) is 17.2 Å². The molecule has 0 spiro atoms. The average Bonchev–Trinajstić information content (AvgIpc) is 3.41. The first-order valence-electron chi connectivity index (χ1n) is 14.1. The van der Waals surface area contributed by atoms with Crippen LogP contribution in [0, 0.1) is 13.8 Å². The van der Waals surface area contributed by atoms with Crippen LogP contribution in [0.3, 0.4) is 0 Å². The molecular formula is C33H36N4O4. The van der Waals surface area contributed by atoms with Gasteiger partial charge in [0, 0.05) is 42.2 Å². The number of nitrogens with zero attached hydrogens (tertiary/aromatic N) is 4. The molecule has 6 rings (SSSR count). The van der Waals surface area contributed by atoms with Gasteiger partial charge in [-0.05, 0) is 79.9 Å². The molecule has 1 fully saturated rings. The van der Waals surface area contributed by atoms with Gasteiger partial charge in [-0.15, -0.1) is 0 Å². The van der Waals surface area contributed by atoms with E-state index in [1.165, 1.54) is 11.1 Å². The molecule has 0 aliphatic carbocycles. The second kappa shape index (κ2) is 11.8. The van der Waals surface area contributed by atoms with Gasteiger partial charge >= 0.3 is 0 Å². The Labute approximate surface area is 240 Å². The Kier molecular flexibility index (Phi) is 7.76. The van der Waals surface area contributed by atoms with E-state index < -0.39 is 0 Å². The number of methoxy groups -OCH3 is 2. The van der Waals surface area contributed by atoms with E-state index in [-0.39, 0.29) is 0 Å². The number of ether oxygens (including phenoxy) is 4. The van der Waals surface area contributed by atoms with Crippen LogP contribution in [0.1, 0.15) is 17.5 Å². The summed E-state index contributed by atoms with van der Waals surface area (Å²) in [5.41, 5.74) is 7.06. The molecule has 1 aliphatic rings. The Balaban J connectivity index is 1.38. The van der Waals surface area contributed by atoms with E-state index in [1.807, 2.05) is 47.3 Å². The molecule has 0 radical (unpaired) electrons. The molecule has 1 saturated heterocycles. The Morgan fingerprint density at radius 1 is 0.854 bits per heavy atom. The number of benzene rings is 3. The van der Waals surface area contributed by atoms with E-state index in [4.69, 9.17) is 29.0 Å². The minimum atomic E-state index is 0.620. The normalized spacial score (nSPS) is 14.0. The van der Waals surface area contributed by atoms with Gasteiger partial charge in [0.2, 0.25) is 0 Å². The quantitative estimate of drug-likeness (QED) is 0.209. The van der Waals surface area contributed by atoms with Gasteiger partial charge in [0.1, 0.15) is 11.4 Å². The maximum absolute atomic E-state index is 6.14. The fourth-order valence-electron chi connectivity index (χ4n) is 5.38. The van der Waals surface area contributed by atoms with Crippen LogP contribution in [0.4, 0.5) is 0 Å². The van der Waals surface area contributed by atoms with Gasteiger partial charge in [-0.25, -0.2) is 4.68 Å². The van der Waals surface area contributed by atoms with Gasteiger partial charge in [0.05, 0.1) is 50.8 Å². The molecule has 8 nitrogen and oxygen atoms in total. The van der Waals surface area contributed by atoms with Gasteiger partial charge in [-0.3, -0.25) is 9.88 Å². The molecule has 3 aromatic carbocycles. The Hall–Kier alpha value is -4.14. The van der Waals surface area contributed by atoms with Crippen molar-refractivity contribution in [2.24, 2.45) is 0 Å². The third kappa shape index (κ3) is 5.45. The standard InChI is InChI=1S/C33H36N4O4/c1-22-6-8-25(18-23(22)2)37-33-27-20-26(38-3)9-10-29(27)34-21-28(33)32(35-37)24-7-11-30(31(19-24)39-4)41-15-5-12-36-13-16-40-17-14-36/h6-11,18-21H,5,12-17H2,1-4H3. The van der Waals surface area contributed by atoms with Crippen molar-refractivity contribution in [3.63, 3.8) is 0 Å². The number of hydrogen-bond acceptors (Lipinski definition) is 7. The van der Waals surface area contributed by atoms with Gasteiger partial charge in [-0.2, -0.15) is 5.10 Å². The van der Waals surface area contributed by atoms with Crippen LogP contribution in [-0.2, 0) is 4.74 Å². The molecule has 8 heteroatoms. The van der Waals surface area contributed by atoms with Gasteiger partial charge in [0.15, 0.2) is 11.5 Å². The van der Waals surface area contributed by atoms with Crippen molar-refractivity contribution >= 4 is 21.8 Å². The maximum Gasteiger partial charge on any atom is 0.161 e. The molecule has 0 bridgehead atoms. The summed E-state index contributed by atoms with van der Waals surface area (Å²) in [5, 5.41) is 7.09. The largest absolute Gasteiger partial charge is 0.497 e. The van der Waals surface area contributed by atoms with Crippen molar-refractivity contribution in [1.29, 1.82) is 0 Å². The monoisotopic (exact) mass is 552 g/mol. The maximum atomic E-state index is 6.14.